The lowest BCUT2D eigenvalue weighted by atomic mass is 10.1. The van der Waals surface area contributed by atoms with Crippen LogP contribution in [0.3, 0.4) is 0 Å². The quantitative estimate of drug-likeness (QED) is 0.632. The summed E-state index contributed by atoms with van der Waals surface area (Å²) in [5, 5.41) is 4.48. The number of anilines is 2. The van der Waals surface area contributed by atoms with E-state index in [9.17, 15) is 4.39 Å². The minimum absolute atomic E-state index is 0.245. The number of nitrogens with one attached hydrogen (secondary N) is 1. The smallest absolute Gasteiger partial charge is 0.223 e. The Balaban J connectivity index is 1.51. The van der Waals surface area contributed by atoms with E-state index in [2.05, 4.69) is 27.1 Å². The summed E-state index contributed by atoms with van der Waals surface area (Å²) in [6, 6.07) is 8.95. The highest BCUT2D eigenvalue weighted by molar-refractivity contribution is 7.19. The zero-order valence-electron chi connectivity index (χ0n) is 17.7. The molecule has 3 heterocycles. The molecule has 1 saturated heterocycles. The highest BCUT2D eigenvalue weighted by Gasteiger charge is 2.23. The van der Waals surface area contributed by atoms with Gasteiger partial charge >= 0.3 is 0 Å². The SMILES string of the molecule is CN1CCN(c2nc(-c3ccc(F)cc3)c(-c3ccnc(NC4CCCC4)n3)s2)CC1. The molecule has 1 N–H and O–H groups in total. The van der Waals surface area contributed by atoms with Crippen LogP contribution in [0.5, 0.6) is 0 Å². The van der Waals surface area contributed by atoms with E-state index < -0.39 is 0 Å². The number of nitrogens with zero attached hydrogens (tertiary/aromatic N) is 5. The van der Waals surface area contributed by atoms with Crippen molar-refractivity contribution in [1.82, 2.24) is 19.9 Å². The van der Waals surface area contributed by atoms with E-state index in [1.165, 1.54) is 37.8 Å². The van der Waals surface area contributed by atoms with Gasteiger partial charge in [-0.05, 0) is 50.2 Å². The summed E-state index contributed by atoms with van der Waals surface area (Å²) >= 11 is 1.66. The first kappa shape index (κ1) is 20.3. The van der Waals surface area contributed by atoms with Gasteiger partial charge in [-0.15, -0.1) is 0 Å². The monoisotopic (exact) mass is 438 g/mol. The predicted molar refractivity (Wildman–Crippen MR) is 124 cm³/mol. The van der Waals surface area contributed by atoms with E-state index in [-0.39, 0.29) is 5.82 Å². The molecule has 0 radical (unpaired) electrons. The van der Waals surface area contributed by atoms with Gasteiger partial charge in [-0.1, -0.05) is 24.2 Å². The average molecular weight is 439 g/mol. The van der Waals surface area contributed by atoms with Gasteiger partial charge in [-0.2, -0.15) is 0 Å². The molecule has 3 aromatic rings. The van der Waals surface area contributed by atoms with Crippen molar-refractivity contribution >= 4 is 22.4 Å². The lowest BCUT2D eigenvalue weighted by Crippen LogP contribution is -2.44. The molecule has 1 aliphatic carbocycles. The van der Waals surface area contributed by atoms with Crippen molar-refractivity contribution in [3.8, 4) is 21.8 Å². The zero-order valence-corrected chi connectivity index (χ0v) is 18.5. The molecule has 0 spiro atoms. The number of halogens is 1. The summed E-state index contributed by atoms with van der Waals surface area (Å²) in [5.74, 6) is 0.425. The molecule has 2 aromatic heterocycles. The summed E-state index contributed by atoms with van der Waals surface area (Å²) in [6.45, 7) is 3.93. The minimum atomic E-state index is -0.245. The Kier molecular flexibility index (Phi) is 5.82. The van der Waals surface area contributed by atoms with E-state index >= 15 is 0 Å². The number of aromatic nitrogens is 3. The highest BCUT2D eigenvalue weighted by Crippen LogP contribution is 2.40. The molecule has 0 amide bonds. The number of thiazole rings is 1. The molecule has 0 atom stereocenters. The predicted octanol–water partition coefficient (Wildman–Crippen LogP) is 4.51. The standard InChI is InChI=1S/C23H27FN6S/c1-29-12-14-30(15-13-29)23-28-20(16-6-8-17(24)9-7-16)21(31-23)19-10-11-25-22(27-19)26-18-4-2-3-5-18/h6-11,18H,2-5,12-15H2,1H3,(H,25,26,27). The summed E-state index contributed by atoms with van der Waals surface area (Å²) in [4.78, 5) is 19.9. The molecular formula is C23H27FN6S. The van der Waals surface area contributed by atoms with Crippen molar-refractivity contribution in [2.24, 2.45) is 0 Å². The third kappa shape index (κ3) is 4.55. The number of rotatable bonds is 5. The van der Waals surface area contributed by atoms with E-state index in [1.54, 1.807) is 23.5 Å². The van der Waals surface area contributed by atoms with Crippen LogP contribution in [0.4, 0.5) is 15.5 Å². The number of likely N-dealkylation sites (N-methyl/N-ethyl adjacent to an activating group) is 1. The van der Waals surface area contributed by atoms with Gasteiger partial charge < -0.3 is 15.1 Å². The zero-order chi connectivity index (χ0) is 21.2. The number of benzene rings is 1. The van der Waals surface area contributed by atoms with Crippen LogP contribution in [-0.4, -0.2) is 59.1 Å². The fourth-order valence-corrected chi connectivity index (χ4v) is 5.34. The Labute approximate surface area is 186 Å². The van der Waals surface area contributed by atoms with E-state index in [0.717, 1.165) is 53.1 Å². The van der Waals surface area contributed by atoms with Crippen molar-refractivity contribution in [2.75, 3.05) is 43.4 Å². The maximum absolute atomic E-state index is 13.5. The van der Waals surface area contributed by atoms with Crippen LogP contribution < -0.4 is 10.2 Å². The molecule has 6 nitrogen and oxygen atoms in total. The van der Waals surface area contributed by atoms with Crippen LogP contribution >= 0.6 is 11.3 Å². The van der Waals surface area contributed by atoms with Crippen LogP contribution in [-0.2, 0) is 0 Å². The summed E-state index contributed by atoms with van der Waals surface area (Å²) < 4.78 is 13.5. The molecule has 162 valence electrons. The lowest BCUT2D eigenvalue weighted by molar-refractivity contribution is 0.313. The molecule has 2 aliphatic rings. The molecule has 31 heavy (non-hydrogen) atoms. The van der Waals surface area contributed by atoms with Gasteiger partial charge in [0.15, 0.2) is 5.13 Å². The van der Waals surface area contributed by atoms with Gasteiger partial charge in [0, 0.05) is 44.0 Å². The Morgan fingerprint density at radius 2 is 1.74 bits per heavy atom. The third-order valence-electron chi connectivity index (χ3n) is 6.08. The van der Waals surface area contributed by atoms with Gasteiger partial charge in [0.2, 0.25) is 5.95 Å². The Morgan fingerprint density at radius 1 is 1.00 bits per heavy atom. The average Bonchev–Trinajstić information content (AvgIpc) is 3.45. The molecular weight excluding hydrogens is 411 g/mol. The molecule has 0 bridgehead atoms. The molecule has 0 unspecified atom stereocenters. The van der Waals surface area contributed by atoms with Crippen molar-refractivity contribution in [1.29, 1.82) is 0 Å². The number of hydrogen-bond acceptors (Lipinski definition) is 7. The fourth-order valence-electron chi connectivity index (χ4n) is 4.23. The largest absolute Gasteiger partial charge is 0.351 e. The molecule has 5 rings (SSSR count). The topological polar surface area (TPSA) is 57.2 Å². The number of hydrogen-bond donors (Lipinski definition) is 1. The van der Waals surface area contributed by atoms with E-state index in [1.807, 2.05) is 12.3 Å². The maximum atomic E-state index is 13.5. The second-order valence-corrected chi connectivity index (χ2v) is 9.34. The third-order valence-corrected chi connectivity index (χ3v) is 7.22. The molecule has 2 fully saturated rings. The summed E-state index contributed by atoms with van der Waals surface area (Å²) in [7, 11) is 2.15. The Morgan fingerprint density at radius 3 is 2.48 bits per heavy atom. The molecule has 1 aliphatic heterocycles. The van der Waals surface area contributed by atoms with Gasteiger partial charge in [0.1, 0.15) is 5.82 Å². The van der Waals surface area contributed by atoms with Crippen LogP contribution in [0, 0.1) is 5.82 Å². The van der Waals surface area contributed by atoms with E-state index in [4.69, 9.17) is 9.97 Å². The lowest BCUT2D eigenvalue weighted by Gasteiger charge is -2.32. The van der Waals surface area contributed by atoms with Crippen LogP contribution in [0.15, 0.2) is 36.5 Å². The Hall–Kier alpha value is -2.58. The highest BCUT2D eigenvalue weighted by atomic mass is 32.1. The first-order chi connectivity index (χ1) is 15.2. The van der Waals surface area contributed by atoms with E-state index in [0.29, 0.717) is 12.0 Å². The van der Waals surface area contributed by atoms with Gasteiger partial charge in [-0.3, -0.25) is 0 Å². The first-order valence-corrected chi connectivity index (χ1v) is 11.8. The van der Waals surface area contributed by atoms with Crippen LogP contribution in [0.2, 0.25) is 0 Å². The van der Waals surface area contributed by atoms with Gasteiger partial charge in [-0.25, -0.2) is 19.3 Å². The normalized spacial score (nSPS) is 17.9. The van der Waals surface area contributed by atoms with Crippen molar-refractivity contribution in [3.63, 3.8) is 0 Å². The van der Waals surface area contributed by atoms with Gasteiger partial charge in [0.25, 0.3) is 0 Å². The minimum Gasteiger partial charge on any atom is -0.351 e. The van der Waals surface area contributed by atoms with Gasteiger partial charge in [0.05, 0.1) is 16.3 Å². The first-order valence-electron chi connectivity index (χ1n) is 11.0. The second-order valence-electron chi connectivity index (χ2n) is 8.36. The molecule has 1 saturated carbocycles. The van der Waals surface area contributed by atoms with Crippen LogP contribution in [0.1, 0.15) is 25.7 Å². The summed E-state index contributed by atoms with van der Waals surface area (Å²) in [5.41, 5.74) is 2.61. The summed E-state index contributed by atoms with van der Waals surface area (Å²) in [6.07, 6.45) is 6.67. The van der Waals surface area contributed by atoms with Crippen LogP contribution in [0.25, 0.3) is 21.8 Å². The molecule has 1 aromatic carbocycles. The number of piperazine rings is 1. The van der Waals surface area contributed by atoms with Crippen molar-refractivity contribution in [3.05, 3.63) is 42.3 Å². The Bertz CT molecular complexity index is 1020. The fraction of sp³-hybridized carbons (Fsp3) is 0.435. The van der Waals surface area contributed by atoms with Crippen molar-refractivity contribution < 1.29 is 4.39 Å². The maximum Gasteiger partial charge on any atom is 0.223 e. The second kappa shape index (κ2) is 8.88. The van der Waals surface area contributed by atoms with Crippen molar-refractivity contribution in [2.45, 2.75) is 31.7 Å². The molecule has 8 heteroatoms.